The topological polar surface area (TPSA) is 26.3 Å². The van der Waals surface area contributed by atoms with Crippen molar-refractivity contribution in [3.05, 3.63) is 64.7 Å². The summed E-state index contributed by atoms with van der Waals surface area (Å²) < 4.78 is 32.7. The first-order valence-corrected chi connectivity index (χ1v) is 6.66. The zero-order valence-corrected chi connectivity index (χ0v) is 12.1. The summed E-state index contributed by atoms with van der Waals surface area (Å²) in [5.74, 6) is -1.68. The summed E-state index contributed by atoms with van der Waals surface area (Å²) in [6.45, 7) is 5.16. The second-order valence-corrected chi connectivity index (χ2v) is 5.07. The van der Waals surface area contributed by atoms with Gasteiger partial charge in [-0.3, -0.25) is 4.79 Å². The molecule has 0 atom stereocenters. The Labute approximate surface area is 122 Å². The summed E-state index contributed by atoms with van der Waals surface area (Å²) in [5, 5.41) is 0. The standard InChI is InChI=1S/C17H16F2O2/c1-10(2)21-16-7-5-4-6-12(16)17(20)13-8-11(3)14(18)9-15(13)19/h4-10H,1-3H3. The molecular formula is C17H16F2O2. The number of ether oxygens (including phenoxy) is 1. The molecule has 2 nitrogen and oxygen atoms in total. The van der Waals surface area contributed by atoms with Crippen LogP contribution in [0.5, 0.6) is 5.75 Å². The van der Waals surface area contributed by atoms with Gasteiger partial charge in [0.05, 0.1) is 17.2 Å². The molecule has 0 saturated carbocycles. The molecule has 0 amide bonds. The minimum atomic E-state index is -0.873. The van der Waals surface area contributed by atoms with E-state index < -0.39 is 17.4 Å². The minimum Gasteiger partial charge on any atom is -0.490 e. The maximum absolute atomic E-state index is 13.9. The van der Waals surface area contributed by atoms with E-state index in [1.807, 2.05) is 13.8 Å². The third kappa shape index (κ3) is 3.27. The Bertz CT molecular complexity index is 678. The van der Waals surface area contributed by atoms with Crippen LogP contribution in [0, 0.1) is 18.6 Å². The van der Waals surface area contributed by atoms with Gasteiger partial charge >= 0.3 is 0 Å². The molecule has 0 unspecified atom stereocenters. The van der Waals surface area contributed by atoms with Crippen molar-refractivity contribution in [3.63, 3.8) is 0 Å². The molecule has 0 aliphatic heterocycles. The average Bonchev–Trinajstić information content (AvgIpc) is 2.42. The van der Waals surface area contributed by atoms with Crippen molar-refractivity contribution in [1.29, 1.82) is 0 Å². The van der Waals surface area contributed by atoms with E-state index in [0.717, 1.165) is 6.07 Å². The molecule has 0 radical (unpaired) electrons. The van der Waals surface area contributed by atoms with Crippen LogP contribution < -0.4 is 4.74 Å². The molecule has 2 rings (SSSR count). The van der Waals surface area contributed by atoms with Crippen LogP contribution in [0.2, 0.25) is 0 Å². The summed E-state index contributed by atoms with van der Waals surface area (Å²) in [4.78, 5) is 12.5. The van der Waals surface area contributed by atoms with Crippen molar-refractivity contribution >= 4 is 5.78 Å². The molecule has 0 saturated heterocycles. The van der Waals surface area contributed by atoms with Crippen molar-refractivity contribution in [2.75, 3.05) is 0 Å². The Hall–Kier alpha value is -2.23. The van der Waals surface area contributed by atoms with E-state index in [2.05, 4.69) is 0 Å². The lowest BCUT2D eigenvalue weighted by Crippen LogP contribution is -2.12. The highest BCUT2D eigenvalue weighted by molar-refractivity contribution is 6.11. The Morgan fingerprint density at radius 3 is 2.38 bits per heavy atom. The molecule has 0 spiro atoms. The highest BCUT2D eigenvalue weighted by Crippen LogP contribution is 2.25. The van der Waals surface area contributed by atoms with Gasteiger partial charge in [-0.05, 0) is 44.5 Å². The lowest BCUT2D eigenvalue weighted by molar-refractivity contribution is 0.102. The van der Waals surface area contributed by atoms with E-state index in [4.69, 9.17) is 4.74 Å². The normalized spacial score (nSPS) is 10.8. The van der Waals surface area contributed by atoms with Crippen LogP contribution >= 0.6 is 0 Å². The van der Waals surface area contributed by atoms with E-state index >= 15 is 0 Å². The molecule has 0 aliphatic carbocycles. The third-order valence-electron chi connectivity index (χ3n) is 2.99. The second kappa shape index (κ2) is 6.04. The molecule has 4 heteroatoms. The van der Waals surface area contributed by atoms with Crippen molar-refractivity contribution < 1.29 is 18.3 Å². The summed E-state index contributed by atoms with van der Waals surface area (Å²) in [7, 11) is 0. The summed E-state index contributed by atoms with van der Waals surface area (Å²) in [6, 6.07) is 8.59. The number of halogens is 2. The number of ketones is 1. The number of para-hydroxylation sites is 1. The van der Waals surface area contributed by atoms with Gasteiger partial charge in [0.15, 0.2) is 5.78 Å². The number of aryl methyl sites for hydroxylation is 1. The molecule has 2 aromatic carbocycles. The Morgan fingerprint density at radius 2 is 1.71 bits per heavy atom. The Kier molecular flexibility index (Phi) is 4.36. The highest BCUT2D eigenvalue weighted by atomic mass is 19.1. The summed E-state index contributed by atoms with van der Waals surface area (Å²) in [6.07, 6.45) is -0.112. The number of hydrogen-bond acceptors (Lipinski definition) is 2. The fraction of sp³-hybridized carbons (Fsp3) is 0.235. The third-order valence-corrected chi connectivity index (χ3v) is 2.99. The van der Waals surface area contributed by atoms with Crippen molar-refractivity contribution in [2.24, 2.45) is 0 Å². The molecule has 0 aliphatic rings. The minimum absolute atomic E-state index is 0.112. The molecule has 0 bridgehead atoms. The van der Waals surface area contributed by atoms with Crippen LogP contribution in [0.25, 0.3) is 0 Å². The predicted octanol–water partition coefficient (Wildman–Crippen LogP) is 4.29. The maximum atomic E-state index is 13.9. The molecule has 21 heavy (non-hydrogen) atoms. The first-order chi connectivity index (χ1) is 9.90. The lowest BCUT2D eigenvalue weighted by Gasteiger charge is -2.14. The molecule has 0 fully saturated rings. The number of rotatable bonds is 4. The monoisotopic (exact) mass is 290 g/mol. The summed E-state index contributed by atoms with van der Waals surface area (Å²) in [5.41, 5.74) is 0.326. The number of benzene rings is 2. The van der Waals surface area contributed by atoms with Crippen molar-refractivity contribution in [1.82, 2.24) is 0 Å². The molecule has 2 aromatic rings. The molecule has 110 valence electrons. The fourth-order valence-electron chi connectivity index (χ4n) is 1.99. The van der Waals surface area contributed by atoms with E-state index in [9.17, 15) is 13.6 Å². The van der Waals surface area contributed by atoms with Gasteiger partial charge in [0.2, 0.25) is 0 Å². The van der Waals surface area contributed by atoms with Crippen molar-refractivity contribution in [2.45, 2.75) is 26.9 Å². The number of hydrogen-bond donors (Lipinski definition) is 0. The van der Waals surface area contributed by atoms with Crippen LogP contribution in [0.15, 0.2) is 36.4 Å². The Morgan fingerprint density at radius 1 is 1.05 bits per heavy atom. The average molecular weight is 290 g/mol. The quantitative estimate of drug-likeness (QED) is 0.785. The summed E-state index contributed by atoms with van der Waals surface area (Å²) >= 11 is 0. The van der Waals surface area contributed by atoms with Crippen LogP contribution in [-0.4, -0.2) is 11.9 Å². The maximum Gasteiger partial charge on any atom is 0.199 e. The lowest BCUT2D eigenvalue weighted by atomic mass is 10.00. The SMILES string of the molecule is Cc1cc(C(=O)c2ccccc2OC(C)C)c(F)cc1F. The van der Waals surface area contributed by atoms with E-state index in [0.29, 0.717) is 5.75 Å². The van der Waals surface area contributed by atoms with E-state index in [1.54, 1.807) is 24.3 Å². The Balaban J connectivity index is 2.48. The van der Waals surface area contributed by atoms with Gasteiger partial charge in [0.1, 0.15) is 17.4 Å². The molecule has 0 N–H and O–H groups in total. The number of carbonyl (C=O) groups is 1. The van der Waals surface area contributed by atoms with Gasteiger partial charge in [0.25, 0.3) is 0 Å². The van der Waals surface area contributed by atoms with Crippen LogP contribution in [-0.2, 0) is 0 Å². The van der Waals surface area contributed by atoms with Gasteiger partial charge < -0.3 is 4.74 Å². The first-order valence-electron chi connectivity index (χ1n) is 6.66. The first kappa shape index (κ1) is 15.2. The zero-order valence-electron chi connectivity index (χ0n) is 12.1. The predicted molar refractivity (Wildman–Crippen MR) is 76.7 cm³/mol. The fourth-order valence-corrected chi connectivity index (χ4v) is 1.99. The second-order valence-electron chi connectivity index (χ2n) is 5.07. The highest BCUT2D eigenvalue weighted by Gasteiger charge is 2.20. The van der Waals surface area contributed by atoms with Crippen molar-refractivity contribution in [3.8, 4) is 5.75 Å². The largest absolute Gasteiger partial charge is 0.490 e. The van der Waals surface area contributed by atoms with Gasteiger partial charge in [-0.25, -0.2) is 8.78 Å². The molecule has 0 aromatic heterocycles. The zero-order chi connectivity index (χ0) is 15.6. The van der Waals surface area contributed by atoms with Gasteiger partial charge in [-0.2, -0.15) is 0 Å². The van der Waals surface area contributed by atoms with Crippen LogP contribution in [0.1, 0.15) is 35.3 Å². The smallest absolute Gasteiger partial charge is 0.199 e. The van der Waals surface area contributed by atoms with E-state index in [1.165, 1.54) is 13.0 Å². The van der Waals surface area contributed by atoms with Gasteiger partial charge in [-0.15, -0.1) is 0 Å². The van der Waals surface area contributed by atoms with Crippen LogP contribution in [0.4, 0.5) is 8.78 Å². The van der Waals surface area contributed by atoms with E-state index in [-0.39, 0.29) is 22.8 Å². The molecule has 0 heterocycles. The van der Waals surface area contributed by atoms with Gasteiger partial charge in [-0.1, -0.05) is 12.1 Å². The van der Waals surface area contributed by atoms with Crippen LogP contribution in [0.3, 0.4) is 0 Å². The van der Waals surface area contributed by atoms with Gasteiger partial charge in [0, 0.05) is 6.07 Å². The number of carbonyl (C=O) groups excluding carboxylic acids is 1. The molecular weight excluding hydrogens is 274 g/mol.